The minimum absolute atomic E-state index is 0.0647. The van der Waals surface area contributed by atoms with Gasteiger partial charge < -0.3 is 15.3 Å². The molecule has 0 bridgehead atoms. The second-order valence-electron chi connectivity index (χ2n) is 4.74. The van der Waals surface area contributed by atoms with Crippen molar-refractivity contribution in [1.82, 2.24) is 10.2 Å². The third-order valence-corrected chi connectivity index (χ3v) is 4.47. The van der Waals surface area contributed by atoms with Gasteiger partial charge in [0, 0.05) is 11.2 Å². The van der Waals surface area contributed by atoms with Crippen LogP contribution in [0.2, 0.25) is 0 Å². The first-order valence-electron chi connectivity index (χ1n) is 6.35. The molecule has 2 aromatic rings. The number of rotatable bonds is 2. The highest BCUT2D eigenvalue weighted by Gasteiger charge is 2.36. The van der Waals surface area contributed by atoms with Crippen molar-refractivity contribution in [2.24, 2.45) is 0 Å². The van der Waals surface area contributed by atoms with E-state index in [0.29, 0.717) is 4.88 Å². The average Bonchev–Trinajstić information content (AvgIpc) is 2.89. The lowest BCUT2D eigenvalue weighted by Gasteiger charge is -2.32. The number of piperazine rings is 1. The third-order valence-electron chi connectivity index (χ3n) is 3.36. The zero-order valence-electron chi connectivity index (χ0n) is 10.9. The van der Waals surface area contributed by atoms with E-state index >= 15 is 0 Å². The monoisotopic (exact) mass is 304 g/mol. The molecule has 1 aromatic carbocycles. The molecule has 3 rings (SSSR count). The number of nitrogens with zero attached hydrogens (tertiary/aromatic N) is 1. The molecule has 1 aliphatic rings. The first-order valence-corrected chi connectivity index (χ1v) is 7.17. The van der Waals surface area contributed by atoms with Crippen LogP contribution in [0, 0.1) is 0 Å². The van der Waals surface area contributed by atoms with Crippen LogP contribution in [0.1, 0.15) is 9.67 Å². The van der Waals surface area contributed by atoms with Gasteiger partial charge in [-0.1, -0.05) is 18.2 Å². The largest absolute Gasteiger partial charge is 0.480 e. The molecule has 2 N–H and O–H groups in total. The smallest absolute Gasteiger partial charge is 0.328 e. The summed E-state index contributed by atoms with van der Waals surface area (Å²) in [6, 6.07) is 8.24. The van der Waals surface area contributed by atoms with Crippen LogP contribution in [0.5, 0.6) is 0 Å². The molecule has 1 atom stereocenters. The fourth-order valence-corrected chi connectivity index (χ4v) is 3.32. The maximum atomic E-state index is 12.5. The van der Waals surface area contributed by atoms with Crippen molar-refractivity contribution >= 4 is 39.2 Å². The molecule has 7 heteroatoms. The normalized spacial score (nSPS) is 18.6. The van der Waals surface area contributed by atoms with E-state index in [1.165, 1.54) is 11.3 Å². The first kappa shape index (κ1) is 13.6. The van der Waals surface area contributed by atoms with E-state index in [2.05, 4.69) is 5.32 Å². The standard InChI is InChI=1S/C14H12N2O4S/c17-12-7-16(9(6-15-12)14(19)20)13(18)11-5-8-3-1-2-4-10(8)21-11/h1-5,9H,6-7H2,(H,15,17)(H,19,20). The van der Waals surface area contributed by atoms with Gasteiger partial charge in [0.25, 0.3) is 5.91 Å². The molecule has 108 valence electrons. The van der Waals surface area contributed by atoms with Crippen LogP contribution in [-0.4, -0.2) is 46.9 Å². The molecule has 21 heavy (non-hydrogen) atoms. The van der Waals surface area contributed by atoms with Gasteiger partial charge in [-0.2, -0.15) is 0 Å². The highest BCUT2D eigenvalue weighted by atomic mass is 32.1. The van der Waals surface area contributed by atoms with Crippen LogP contribution in [0.15, 0.2) is 30.3 Å². The van der Waals surface area contributed by atoms with Crippen molar-refractivity contribution in [2.75, 3.05) is 13.1 Å². The summed E-state index contributed by atoms with van der Waals surface area (Å²) >= 11 is 1.30. The summed E-state index contributed by atoms with van der Waals surface area (Å²) in [5, 5.41) is 12.6. The lowest BCUT2D eigenvalue weighted by molar-refractivity contribution is -0.144. The van der Waals surface area contributed by atoms with Crippen molar-refractivity contribution in [1.29, 1.82) is 0 Å². The van der Waals surface area contributed by atoms with Gasteiger partial charge in [0.05, 0.1) is 4.88 Å². The number of fused-ring (bicyclic) bond motifs is 1. The summed E-state index contributed by atoms with van der Waals surface area (Å²) < 4.78 is 0.953. The summed E-state index contributed by atoms with van der Waals surface area (Å²) in [5.41, 5.74) is 0. The molecule has 0 saturated carbocycles. The Hall–Kier alpha value is -2.41. The Morgan fingerprint density at radius 1 is 1.33 bits per heavy atom. The van der Waals surface area contributed by atoms with Crippen LogP contribution in [0.4, 0.5) is 0 Å². The van der Waals surface area contributed by atoms with Gasteiger partial charge in [0.1, 0.15) is 12.6 Å². The van der Waals surface area contributed by atoms with Crippen LogP contribution in [-0.2, 0) is 9.59 Å². The Kier molecular flexibility index (Phi) is 3.34. The second kappa shape index (κ2) is 5.17. The Morgan fingerprint density at radius 3 is 2.81 bits per heavy atom. The van der Waals surface area contributed by atoms with E-state index in [-0.39, 0.29) is 19.0 Å². The van der Waals surface area contributed by atoms with Gasteiger partial charge in [-0.15, -0.1) is 11.3 Å². The number of carboxylic acids is 1. The Bertz CT molecular complexity index is 706. The van der Waals surface area contributed by atoms with Crippen molar-refractivity contribution in [3.63, 3.8) is 0 Å². The predicted molar refractivity (Wildman–Crippen MR) is 77.3 cm³/mol. The zero-order chi connectivity index (χ0) is 15.0. The van der Waals surface area contributed by atoms with Crippen LogP contribution in [0.3, 0.4) is 0 Å². The number of amides is 2. The molecule has 2 heterocycles. The van der Waals surface area contributed by atoms with Crippen molar-refractivity contribution in [3.05, 3.63) is 35.2 Å². The van der Waals surface area contributed by atoms with Crippen molar-refractivity contribution < 1.29 is 19.5 Å². The minimum Gasteiger partial charge on any atom is -0.480 e. The summed E-state index contributed by atoms with van der Waals surface area (Å²) in [5.74, 6) is -1.88. The maximum absolute atomic E-state index is 12.5. The first-order chi connectivity index (χ1) is 10.1. The number of aliphatic carboxylic acids is 1. The molecule has 1 saturated heterocycles. The Balaban J connectivity index is 1.94. The van der Waals surface area contributed by atoms with Gasteiger partial charge in [-0.05, 0) is 17.5 Å². The molecule has 2 amide bonds. The van der Waals surface area contributed by atoms with E-state index < -0.39 is 17.9 Å². The van der Waals surface area contributed by atoms with E-state index in [9.17, 15) is 19.5 Å². The van der Waals surface area contributed by atoms with E-state index in [0.717, 1.165) is 15.0 Å². The SMILES string of the molecule is O=C1CN(C(=O)c2cc3ccccc3s2)C(C(=O)O)CN1. The number of nitrogens with one attached hydrogen (secondary N) is 1. The molecule has 1 aromatic heterocycles. The summed E-state index contributed by atoms with van der Waals surface area (Å²) in [4.78, 5) is 36.8. The maximum Gasteiger partial charge on any atom is 0.328 e. The molecule has 6 nitrogen and oxygen atoms in total. The quantitative estimate of drug-likeness (QED) is 0.864. The summed E-state index contributed by atoms with van der Waals surface area (Å²) in [7, 11) is 0. The zero-order valence-corrected chi connectivity index (χ0v) is 11.7. The molecule has 1 unspecified atom stereocenters. The number of carbonyl (C=O) groups is 3. The Labute approximate surface area is 124 Å². The molecule has 0 radical (unpaired) electrons. The number of carboxylic acid groups (broad SMARTS) is 1. The van der Waals surface area contributed by atoms with E-state index in [4.69, 9.17) is 0 Å². The fourth-order valence-electron chi connectivity index (χ4n) is 2.30. The molecular formula is C14H12N2O4S. The van der Waals surface area contributed by atoms with E-state index in [1.54, 1.807) is 6.07 Å². The molecule has 1 aliphatic heterocycles. The summed E-state index contributed by atoms with van der Waals surface area (Å²) in [6.45, 7) is -0.297. The minimum atomic E-state index is -1.12. The van der Waals surface area contributed by atoms with Crippen molar-refractivity contribution in [3.8, 4) is 0 Å². The number of thiophene rings is 1. The van der Waals surface area contributed by atoms with Gasteiger partial charge in [-0.3, -0.25) is 9.59 Å². The van der Waals surface area contributed by atoms with E-state index in [1.807, 2.05) is 24.3 Å². The average molecular weight is 304 g/mol. The molecular weight excluding hydrogens is 292 g/mol. The summed E-state index contributed by atoms with van der Waals surface area (Å²) in [6.07, 6.45) is 0. The third kappa shape index (κ3) is 2.47. The van der Waals surface area contributed by atoms with Crippen LogP contribution >= 0.6 is 11.3 Å². The highest BCUT2D eigenvalue weighted by Crippen LogP contribution is 2.27. The number of hydrogen-bond donors (Lipinski definition) is 2. The van der Waals surface area contributed by atoms with Gasteiger partial charge in [-0.25, -0.2) is 4.79 Å². The highest BCUT2D eigenvalue weighted by molar-refractivity contribution is 7.20. The van der Waals surface area contributed by atoms with Gasteiger partial charge in [0.2, 0.25) is 5.91 Å². The van der Waals surface area contributed by atoms with Crippen LogP contribution in [0.25, 0.3) is 10.1 Å². The fraction of sp³-hybridized carbons (Fsp3) is 0.214. The van der Waals surface area contributed by atoms with Crippen molar-refractivity contribution in [2.45, 2.75) is 6.04 Å². The van der Waals surface area contributed by atoms with Gasteiger partial charge in [0.15, 0.2) is 0 Å². The topological polar surface area (TPSA) is 86.7 Å². The second-order valence-corrected chi connectivity index (χ2v) is 5.82. The molecule has 1 fully saturated rings. The molecule has 0 spiro atoms. The number of benzene rings is 1. The molecule has 0 aliphatic carbocycles. The lowest BCUT2D eigenvalue weighted by atomic mass is 10.1. The number of carbonyl (C=O) groups excluding carboxylic acids is 2. The Morgan fingerprint density at radius 2 is 2.10 bits per heavy atom. The van der Waals surface area contributed by atoms with Gasteiger partial charge >= 0.3 is 5.97 Å². The predicted octanol–water partition coefficient (Wildman–Crippen LogP) is 0.927. The number of hydrogen-bond acceptors (Lipinski definition) is 4. The van der Waals surface area contributed by atoms with Crippen LogP contribution < -0.4 is 5.32 Å². The lowest BCUT2D eigenvalue weighted by Crippen LogP contribution is -2.59.